The van der Waals surface area contributed by atoms with Gasteiger partial charge in [0.15, 0.2) is 5.65 Å². The van der Waals surface area contributed by atoms with Crippen molar-refractivity contribution >= 4 is 28.7 Å². The van der Waals surface area contributed by atoms with Gasteiger partial charge in [-0.2, -0.15) is 0 Å². The first-order chi connectivity index (χ1) is 15.3. The molecular formula is C23H35N5O3S. The van der Waals surface area contributed by atoms with Crippen molar-refractivity contribution in [3.63, 3.8) is 0 Å². The molecule has 0 atom stereocenters. The van der Waals surface area contributed by atoms with Crippen molar-refractivity contribution in [3.05, 3.63) is 26.7 Å². The molecule has 0 aliphatic heterocycles. The molecule has 176 valence electrons. The Balaban J connectivity index is 1.89. The molecule has 0 radical (unpaired) electrons. The summed E-state index contributed by atoms with van der Waals surface area (Å²) in [5, 5.41) is 4.06. The normalized spacial score (nSPS) is 14.9. The minimum atomic E-state index is -0.386. The zero-order valence-corrected chi connectivity index (χ0v) is 20.5. The molecule has 1 amide bonds. The Morgan fingerprint density at radius 1 is 1.19 bits per heavy atom. The molecule has 9 heteroatoms. The van der Waals surface area contributed by atoms with Crippen LogP contribution in [-0.4, -0.2) is 36.8 Å². The average molecular weight is 462 g/mol. The summed E-state index contributed by atoms with van der Waals surface area (Å²) in [6, 6.07) is 0.287. The molecule has 2 aromatic rings. The van der Waals surface area contributed by atoms with Gasteiger partial charge in [0.2, 0.25) is 5.91 Å². The summed E-state index contributed by atoms with van der Waals surface area (Å²) in [7, 11) is 1.49. The van der Waals surface area contributed by atoms with E-state index in [9.17, 15) is 14.4 Å². The van der Waals surface area contributed by atoms with E-state index in [-0.39, 0.29) is 23.2 Å². The van der Waals surface area contributed by atoms with Crippen molar-refractivity contribution in [2.75, 3.05) is 5.75 Å². The minimum absolute atomic E-state index is 0.0426. The highest BCUT2D eigenvalue weighted by Crippen LogP contribution is 2.24. The van der Waals surface area contributed by atoms with E-state index in [4.69, 9.17) is 0 Å². The van der Waals surface area contributed by atoms with E-state index >= 15 is 0 Å². The molecule has 1 aliphatic rings. The van der Waals surface area contributed by atoms with E-state index in [1.165, 1.54) is 38.1 Å². The smallest absolute Gasteiger partial charge is 0.332 e. The van der Waals surface area contributed by atoms with Crippen molar-refractivity contribution in [1.82, 2.24) is 24.4 Å². The third kappa shape index (κ3) is 5.79. The lowest BCUT2D eigenvalue weighted by Gasteiger charge is -2.22. The predicted molar refractivity (Wildman–Crippen MR) is 128 cm³/mol. The van der Waals surface area contributed by atoms with Crippen LogP contribution in [0.25, 0.3) is 11.0 Å². The van der Waals surface area contributed by atoms with Crippen LogP contribution >= 0.6 is 11.8 Å². The quantitative estimate of drug-likeness (QED) is 0.455. The lowest BCUT2D eigenvalue weighted by Crippen LogP contribution is -2.39. The van der Waals surface area contributed by atoms with Gasteiger partial charge in [0.1, 0.15) is 16.2 Å². The third-order valence-electron chi connectivity index (χ3n) is 5.77. The lowest BCUT2D eigenvalue weighted by molar-refractivity contribution is -0.121. The molecule has 0 unspecified atom stereocenters. The number of hydrogen-bond acceptors (Lipinski definition) is 6. The zero-order valence-electron chi connectivity index (χ0n) is 19.6. The number of carbonyl (C=O) groups excluding carboxylic acids is 1. The summed E-state index contributed by atoms with van der Waals surface area (Å²) < 4.78 is 2.70. The molecule has 3 rings (SSSR count). The summed E-state index contributed by atoms with van der Waals surface area (Å²) in [5.74, 6) is 1.52. The summed E-state index contributed by atoms with van der Waals surface area (Å²) in [4.78, 5) is 47.4. The topological polar surface area (TPSA) is 98.9 Å². The summed E-state index contributed by atoms with van der Waals surface area (Å²) in [5.41, 5.74) is -0.344. The molecule has 1 saturated carbocycles. The first kappa shape index (κ1) is 24.5. The van der Waals surface area contributed by atoms with Crippen molar-refractivity contribution < 1.29 is 4.79 Å². The molecule has 1 N–H and O–H groups in total. The summed E-state index contributed by atoms with van der Waals surface area (Å²) in [6.07, 6.45) is 7.47. The lowest BCUT2D eigenvalue weighted by atomic mass is 9.95. The molecule has 0 spiro atoms. The van der Waals surface area contributed by atoms with Crippen molar-refractivity contribution in [2.45, 2.75) is 89.8 Å². The number of nitrogens with zero attached hydrogens (tertiary/aromatic N) is 4. The van der Waals surface area contributed by atoms with Crippen LogP contribution in [0.15, 0.2) is 14.6 Å². The highest BCUT2D eigenvalue weighted by atomic mass is 32.2. The van der Waals surface area contributed by atoms with Crippen LogP contribution in [0.3, 0.4) is 0 Å². The second kappa shape index (κ2) is 11.1. The highest BCUT2D eigenvalue weighted by molar-refractivity contribution is 7.99. The van der Waals surface area contributed by atoms with Crippen LogP contribution in [-0.2, 0) is 24.8 Å². The fourth-order valence-electron chi connectivity index (χ4n) is 4.15. The Bertz CT molecular complexity index is 1070. The van der Waals surface area contributed by atoms with Gasteiger partial charge in [0.05, 0.1) is 0 Å². The number of amides is 1. The van der Waals surface area contributed by atoms with Gasteiger partial charge >= 0.3 is 5.69 Å². The number of hydrogen-bond donors (Lipinski definition) is 1. The SMILES string of the molecule is CCCn1c(=O)n(C)c(=O)c2c(SCCC(=O)NC3CCCCC3)nc(CC(C)C)nc21. The number of aromatic nitrogens is 4. The van der Waals surface area contributed by atoms with E-state index in [0.717, 1.165) is 23.8 Å². The maximum absolute atomic E-state index is 13.0. The standard InChI is InChI=1S/C23H35N5O3S/c1-5-12-28-20-19(22(30)27(4)23(28)31)21(26-17(25-20)14-15(2)3)32-13-11-18(29)24-16-9-7-6-8-10-16/h15-16H,5-14H2,1-4H3,(H,24,29). The second-order valence-corrected chi connectivity index (χ2v) is 10.1. The number of rotatable bonds is 9. The van der Waals surface area contributed by atoms with Gasteiger partial charge in [-0.05, 0) is 25.2 Å². The number of aryl methyl sites for hydroxylation is 1. The molecular weight excluding hydrogens is 426 g/mol. The fraction of sp³-hybridized carbons (Fsp3) is 0.696. The van der Waals surface area contributed by atoms with E-state index < -0.39 is 0 Å². The molecule has 2 aromatic heterocycles. The van der Waals surface area contributed by atoms with Gasteiger partial charge < -0.3 is 5.32 Å². The summed E-state index contributed by atoms with van der Waals surface area (Å²) >= 11 is 1.40. The molecule has 1 aliphatic carbocycles. The first-order valence-corrected chi connectivity index (χ1v) is 12.7. The van der Waals surface area contributed by atoms with Gasteiger partial charge in [0.25, 0.3) is 5.56 Å². The van der Waals surface area contributed by atoms with Gasteiger partial charge in [0, 0.05) is 38.2 Å². The molecule has 32 heavy (non-hydrogen) atoms. The Morgan fingerprint density at radius 3 is 2.56 bits per heavy atom. The van der Waals surface area contributed by atoms with Crippen molar-refractivity contribution in [3.8, 4) is 0 Å². The third-order valence-corrected chi connectivity index (χ3v) is 6.75. The monoisotopic (exact) mass is 461 g/mol. The zero-order chi connectivity index (χ0) is 23.3. The first-order valence-electron chi connectivity index (χ1n) is 11.7. The van der Waals surface area contributed by atoms with Crippen LogP contribution in [0.1, 0.15) is 71.5 Å². The van der Waals surface area contributed by atoms with E-state index in [0.29, 0.717) is 52.9 Å². The van der Waals surface area contributed by atoms with E-state index in [1.807, 2.05) is 6.92 Å². The van der Waals surface area contributed by atoms with E-state index in [1.54, 1.807) is 4.57 Å². The van der Waals surface area contributed by atoms with Crippen LogP contribution in [0.4, 0.5) is 0 Å². The minimum Gasteiger partial charge on any atom is -0.353 e. The molecule has 0 saturated heterocycles. The Kier molecular flexibility index (Phi) is 8.51. The van der Waals surface area contributed by atoms with Crippen molar-refractivity contribution in [2.24, 2.45) is 13.0 Å². The molecule has 0 aromatic carbocycles. The van der Waals surface area contributed by atoms with Crippen LogP contribution in [0, 0.1) is 5.92 Å². The van der Waals surface area contributed by atoms with Crippen LogP contribution in [0.2, 0.25) is 0 Å². The average Bonchev–Trinajstić information content (AvgIpc) is 2.75. The molecule has 0 bridgehead atoms. The maximum Gasteiger partial charge on any atom is 0.332 e. The summed E-state index contributed by atoms with van der Waals surface area (Å²) in [6.45, 7) is 6.63. The predicted octanol–water partition coefficient (Wildman–Crippen LogP) is 3.03. The Labute approximate surface area is 193 Å². The van der Waals surface area contributed by atoms with Crippen molar-refractivity contribution in [1.29, 1.82) is 0 Å². The number of nitrogens with one attached hydrogen (secondary N) is 1. The van der Waals surface area contributed by atoms with Gasteiger partial charge in [-0.25, -0.2) is 14.8 Å². The molecule has 1 fully saturated rings. The van der Waals surface area contributed by atoms with Crippen LogP contribution in [0.5, 0.6) is 0 Å². The highest BCUT2D eigenvalue weighted by Gasteiger charge is 2.20. The van der Waals surface area contributed by atoms with Gasteiger partial charge in [-0.15, -0.1) is 11.8 Å². The largest absolute Gasteiger partial charge is 0.353 e. The van der Waals surface area contributed by atoms with Crippen LogP contribution < -0.4 is 16.6 Å². The van der Waals surface area contributed by atoms with E-state index in [2.05, 4.69) is 29.1 Å². The molecule has 2 heterocycles. The maximum atomic E-state index is 13.0. The van der Waals surface area contributed by atoms with Gasteiger partial charge in [-0.1, -0.05) is 40.0 Å². The number of carbonyl (C=O) groups is 1. The number of thioether (sulfide) groups is 1. The fourth-order valence-corrected chi connectivity index (χ4v) is 5.13. The molecule has 8 nitrogen and oxygen atoms in total. The second-order valence-electron chi connectivity index (χ2n) is 9.04. The Morgan fingerprint density at radius 2 is 1.91 bits per heavy atom. The number of fused-ring (bicyclic) bond motifs is 1. The Hall–Kier alpha value is -2.16. The van der Waals surface area contributed by atoms with Gasteiger partial charge in [-0.3, -0.25) is 18.7 Å².